The molecule has 1 heterocycles. The first-order valence-corrected chi connectivity index (χ1v) is 12.1. The normalized spacial score (nSPS) is 11.0. The fourth-order valence-corrected chi connectivity index (χ4v) is 4.04. The van der Waals surface area contributed by atoms with E-state index in [4.69, 9.17) is 16.6 Å². The molecule has 0 spiro atoms. The summed E-state index contributed by atoms with van der Waals surface area (Å²) in [6.45, 7) is 11.2. The number of anilines is 1. The number of aromatic nitrogens is 2. The summed E-state index contributed by atoms with van der Waals surface area (Å²) in [5.41, 5.74) is 1.74. The van der Waals surface area contributed by atoms with Gasteiger partial charge in [-0.1, -0.05) is 63.2 Å². The van der Waals surface area contributed by atoms with E-state index in [0.717, 1.165) is 43.7 Å². The van der Waals surface area contributed by atoms with E-state index in [1.54, 1.807) is 0 Å². The molecule has 2 rings (SSSR count). The van der Waals surface area contributed by atoms with Crippen LogP contribution in [0.2, 0.25) is 5.15 Å². The molecular weight excluding hydrogens is 416 g/mol. The summed E-state index contributed by atoms with van der Waals surface area (Å²) in [4.78, 5) is 23.7. The lowest BCUT2D eigenvalue weighted by Gasteiger charge is -2.22. The van der Waals surface area contributed by atoms with Crippen molar-refractivity contribution in [3.63, 3.8) is 0 Å². The van der Waals surface area contributed by atoms with Gasteiger partial charge in [-0.3, -0.25) is 4.79 Å². The SMILES string of the molecule is CCCN(CCC)c1cc(Cl)nc(SCc2cccc(C(=O)NCCC(C)C)c2)n1. The molecule has 2 aromatic rings. The van der Waals surface area contributed by atoms with Crippen LogP contribution in [0.4, 0.5) is 5.82 Å². The molecule has 1 N–H and O–H groups in total. The summed E-state index contributed by atoms with van der Waals surface area (Å²) < 4.78 is 0. The number of carbonyl (C=O) groups is 1. The summed E-state index contributed by atoms with van der Waals surface area (Å²) in [5.74, 6) is 2.09. The number of halogens is 1. The van der Waals surface area contributed by atoms with Crippen LogP contribution in [-0.4, -0.2) is 35.5 Å². The molecule has 30 heavy (non-hydrogen) atoms. The largest absolute Gasteiger partial charge is 0.356 e. The van der Waals surface area contributed by atoms with E-state index in [0.29, 0.717) is 34.1 Å². The molecule has 0 unspecified atom stereocenters. The predicted octanol–water partition coefficient (Wildman–Crippen LogP) is 5.82. The molecule has 5 nitrogen and oxygen atoms in total. The van der Waals surface area contributed by atoms with Gasteiger partial charge in [0.25, 0.3) is 5.91 Å². The van der Waals surface area contributed by atoms with E-state index in [2.05, 4.69) is 42.9 Å². The van der Waals surface area contributed by atoms with Crippen LogP contribution in [0.25, 0.3) is 0 Å². The van der Waals surface area contributed by atoms with E-state index in [-0.39, 0.29) is 5.91 Å². The fraction of sp³-hybridized carbons (Fsp3) is 0.522. The first kappa shape index (κ1) is 24.5. The highest BCUT2D eigenvalue weighted by Gasteiger charge is 2.12. The Bertz CT molecular complexity index is 810. The van der Waals surface area contributed by atoms with E-state index >= 15 is 0 Å². The Morgan fingerprint density at radius 3 is 2.57 bits per heavy atom. The first-order chi connectivity index (χ1) is 14.4. The van der Waals surface area contributed by atoms with Crippen LogP contribution in [0.1, 0.15) is 62.9 Å². The summed E-state index contributed by atoms with van der Waals surface area (Å²) in [5, 5.41) is 4.10. The monoisotopic (exact) mass is 448 g/mol. The number of carbonyl (C=O) groups excluding carboxylic acids is 1. The molecule has 0 fully saturated rings. The summed E-state index contributed by atoms with van der Waals surface area (Å²) >= 11 is 7.80. The third kappa shape index (κ3) is 8.15. The summed E-state index contributed by atoms with van der Waals surface area (Å²) in [6.07, 6.45) is 3.08. The van der Waals surface area contributed by atoms with Crippen LogP contribution in [0.15, 0.2) is 35.5 Å². The molecule has 0 saturated heterocycles. The molecule has 0 radical (unpaired) electrons. The fourth-order valence-electron chi connectivity index (χ4n) is 3.02. The van der Waals surface area contributed by atoms with Crippen molar-refractivity contribution >= 4 is 35.1 Å². The van der Waals surface area contributed by atoms with E-state index in [1.807, 2.05) is 30.3 Å². The molecule has 0 atom stereocenters. The average molecular weight is 449 g/mol. The molecule has 0 aliphatic carbocycles. The van der Waals surface area contributed by atoms with Gasteiger partial charge >= 0.3 is 0 Å². The summed E-state index contributed by atoms with van der Waals surface area (Å²) in [6, 6.07) is 9.55. The van der Waals surface area contributed by atoms with Crippen LogP contribution in [0, 0.1) is 5.92 Å². The van der Waals surface area contributed by atoms with Crippen molar-refractivity contribution in [1.29, 1.82) is 0 Å². The van der Waals surface area contributed by atoms with Crippen molar-refractivity contribution in [2.24, 2.45) is 5.92 Å². The zero-order chi connectivity index (χ0) is 21.9. The minimum absolute atomic E-state index is 0.0291. The first-order valence-electron chi connectivity index (χ1n) is 10.7. The summed E-state index contributed by atoms with van der Waals surface area (Å²) in [7, 11) is 0. The van der Waals surface area contributed by atoms with Crippen molar-refractivity contribution in [2.45, 2.75) is 57.9 Å². The Morgan fingerprint density at radius 1 is 1.17 bits per heavy atom. The average Bonchev–Trinajstić information content (AvgIpc) is 2.71. The molecule has 0 bridgehead atoms. The third-order valence-corrected chi connectivity index (χ3v) is 5.65. The quantitative estimate of drug-likeness (QED) is 0.251. The Hall–Kier alpha value is -1.79. The Labute approximate surface area is 190 Å². The standard InChI is InChI=1S/C23H33ClN4OS/c1-5-12-28(13-6-2)21-15-20(24)26-23(27-21)30-16-18-8-7-9-19(14-18)22(29)25-11-10-17(3)4/h7-9,14-15,17H,5-6,10-13,16H2,1-4H3,(H,25,29). The van der Waals surface area contributed by atoms with Crippen molar-refractivity contribution in [2.75, 3.05) is 24.5 Å². The predicted molar refractivity (Wildman–Crippen MR) is 128 cm³/mol. The van der Waals surface area contributed by atoms with Crippen LogP contribution >= 0.6 is 23.4 Å². The van der Waals surface area contributed by atoms with Gasteiger partial charge in [-0.25, -0.2) is 9.97 Å². The van der Waals surface area contributed by atoms with Crippen molar-refractivity contribution in [3.8, 4) is 0 Å². The lowest BCUT2D eigenvalue weighted by Crippen LogP contribution is -2.26. The number of hydrogen-bond acceptors (Lipinski definition) is 5. The van der Waals surface area contributed by atoms with Crippen molar-refractivity contribution < 1.29 is 4.79 Å². The molecule has 1 amide bonds. The second-order valence-corrected chi connectivity index (χ2v) is 9.08. The van der Waals surface area contributed by atoms with E-state index in [9.17, 15) is 4.79 Å². The third-order valence-electron chi connectivity index (χ3n) is 4.54. The number of benzene rings is 1. The highest BCUT2D eigenvalue weighted by Crippen LogP contribution is 2.25. The lowest BCUT2D eigenvalue weighted by atomic mass is 10.1. The Kier molecular flexibility index (Phi) is 10.4. The highest BCUT2D eigenvalue weighted by molar-refractivity contribution is 7.98. The zero-order valence-electron chi connectivity index (χ0n) is 18.4. The smallest absolute Gasteiger partial charge is 0.251 e. The van der Waals surface area contributed by atoms with Gasteiger partial charge in [-0.2, -0.15) is 0 Å². The van der Waals surface area contributed by atoms with Crippen LogP contribution < -0.4 is 10.2 Å². The minimum Gasteiger partial charge on any atom is -0.356 e. The van der Waals surface area contributed by atoms with E-state index < -0.39 is 0 Å². The van der Waals surface area contributed by atoms with Crippen molar-refractivity contribution in [3.05, 3.63) is 46.6 Å². The number of hydrogen-bond donors (Lipinski definition) is 1. The van der Waals surface area contributed by atoms with Gasteiger partial charge in [0.1, 0.15) is 11.0 Å². The number of amides is 1. The number of thioether (sulfide) groups is 1. The van der Waals surface area contributed by atoms with Gasteiger partial charge in [0.2, 0.25) is 0 Å². The van der Waals surface area contributed by atoms with Crippen LogP contribution in [-0.2, 0) is 5.75 Å². The Morgan fingerprint density at radius 2 is 1.90 bits per heavy atom. The van der Waals surface area contributed by atoms with Gasteiger partial charge < -0.3 is 10.2 Å². The topological polar surface area (TPSA) is 58.1 Å². The maximum Gasteiger partial charge on any atom is 0.251 e. The second kappa shape index (κ2) is 12.8. The molecule has 0 aliphatic rings. The second-order valence-electron chi connectivity index (χ2n) is 7.75. The zero-order valence-corrected chi connectivity index (χ0v) is 20.0. The minimum atomic E-state index is -0.0291. The van der Waals surface area contributed by atoms with Crippen molar-refractivity contribution in [1.82, 2.24) is 15.3 Å². The van der Waals surface area contributed by atoms with Gasteiger partial charge in [-0.05, 0) is 42.9 Å². The van der Waals surface area contributed by atoms with Crippen LogP contribution in [0.5, 0.6) is 0 Å². The van der Waals surface area contributed by atoms with Gasteiger partial charge in [0.05, 0.1) is 0 Å². The van der Waals surface area contributed by atoms with Gasteiger partial charge in [-0.15, -0.1) is 0 Å². The molecule has 0 aliphatic heterocycles. The number of nitrogens with zero attached hydrogens (tertiary/aromatic N) is 3. The number of nitrogens with one attached hydrogen (secondary N) is 1. The van der Waals surface area contributed by atoms with E-state index in [1.165, 1.54) is 11.8 Å². The van der Waals surface area contributed by atoms with Gasteiger partial charge in [0.15, 0.2) is 5.16 Å². The van der Waals surface area contributed by atoms with Gasteiger partial charge in [0, 0.05) is 37.0 Å². The maximum atomic E-state index is 12.4. The molecule has 7 heteroatoms. The number of rotatable bonds is 12. The molecule has 1 aromatic heterocycles. The molecule has 0 saturated carbocycles. The molecular formula is C23H33ClN4OS. The molecule has 1 aromatic carbocycles. The molecule has 164 valence electrons. The maximum absolute atomic E-state index is 12.4. The Balaban J connectivity index is 2.04. The lowest BCUT2D eigenvalue weighted by molar-refractivity contribution is 0.0952. The highest BCUT2D eigenvalue weighted by atomic mass is 35.5. The van der Waals surface area contributed by atoms with Crippen LogP contribution in [0.3, 0.4) is 0 Å².